The molecule has 2 N–H and O–H groups in total. The zero-order valence-corrected chi connectivity index (χ0v) is 17.0. The number of para-hydroxylation sites is 1. The molecule has 4 rings (SSSR count). The highest BCUT2D eigenvalue weighted by Crippen LogP contribution is 2.20. The van der Waals surface area contributed by atoms with E-state index in [1.54, 1.807) is 53.4 Å². The van der Waals surface area contributed by atoms with Gasteiger partial charge in [0.1, 0.15) is 6.54 Å². The first-order valence-corrected chi connectivity index (χ1v) is 10.3. The van der Waals surface area contributed by atoms with Crippen LogP contribution in [0.4, 0.5) is 5.69 Å². The van der Waals surface area contributed by atoms with Crippen molar-refractivity contribution in [1.29, 1.82) is 0 Å². The molecule has 3 aromatic rings. The van der Waals surface area contributed by atoms with Gasteiger partial charge in [-0.3, -0.25) is 19.0 Å². The van der Waals surface area contributed by atoms with Gasteiger partial charge in [0.25, 0.3) is 11.5 Å². The molecule has 8 nitrogen and oxygen atoms in total. The van der Waals surface area contributed by atoms with Gasteiger partial charge < -0.3 is 15.3 Å². The first-order chi connectivity index (χ1) is 15.0. The number of nitrogens with one attached hydrogen (secondary N) is 1. The van der Waals surface area contributed by atoms with Gasteiger partial charge in [-0.2, -0.15) is 0 Å². The highest BCUT2D eigenvalue weighted by atomic mass is 16.3. The Morgan fingerprint density at radius 3 is 2.65 bits per heavy atom. The lowest BCUT2D eigenvalue weighted by molar-refractivity contribution is -0.116. The third kappa shape index (κ3) is 4.64. The third-order valence-electron chi connectivity index (χ3n) is 5.60. The van der Waals surface area contributed by atoms with Crippen molar-refractivity contribution in [3.05, 3.63) is 70.8 Å². The summed E-state index contributed by atoms with van der Waals surface area (Å²) in [5, 5.41) is 12.5. The third-order valence-corrected chi connectivity index (χ3v) is 5.60. The van der Waals surface area contributed by atoms with Crippen molar-refractivity contribution in [2.45, 2.75) is 19.4 Å². The molecule has 0 unspecified atom stereocenters. The molecule has 31 heavy (non-hydrogen) atoms. The Morgan fingerprint density at radius 1 is 1.10 bits per heavy atom. The Morgan fingerprint density at radius 2 is 1.87 bits per heavy atom. The molecule has 0 bridgehead atoms. The maximum Gasteiger partial charge on any atom is 0.261 e. The number of carbonyl (C=O) groups excluding carboxylic acids is 2. The van der Waals surface area contributed by atoms with Gasteiger partial charge in [-0.05, 0) is 49.1 Å². The summed E-state index contributed by atoms with van der Waals surface area (Å²) in [6.45, 7) is 1.19. The molecule has 2 aromatic carbocycles. The molecule has 0 spiro atoms. The number of carbonyl (C=O) groups is 2. The Balaban J connectivity index is 1.43. The van der Waals surface area contributed by atoms with Crippen LogP contribution in [0.2, 0.25) is 0 Å². The van der Waals surface area contributed by atoms with Crippen LogP contribution in [0.5, 0.6) is 0 Å². The van der Waals surface area contributed by atoms with Crippen LogP contribution < -0.4 is 10.9 Å². The van der Waals surface area contributed by atoms with Crippen molar-refractivity contribution in [3.8, 4) is 0 Å². The first kappa shape index (κ1) is 20.7. The molecule has 2 amide bonds. The van der Waals surface area contributed by atoms with Crippen LogP contribution in [-0.4, -0.2) is 51.1 Å². The predicted octanol–water partition coefficient (Wildman–Crippen LogP) is 1.88. The summed E-state index contributed by atoms with van der Waals surface area (Å²) in [6.07, 6.45) is 2.93. The molecule has 1 saturated heterocycles. The van der Waals surface area contributed by atoms with E-state index in [2.05, 4.69) is 10.3 Å². The standard InChI is InChI=1S/C23H24N4O4/c28-14-16-8-10-26(11-9-16)22(30)17-4-3-5-18(12-17)25-21(29)13-27-15-24-20-7-2-1-6-19(20)23(27)31/h1-7,12,15-16,28H,8-11,13-14H2,(H,25,29). The highest BCUT2D eigenvalue weighted by molar-refractivity contribution is 5.97. The number of piperidine rings is 1. The number of anilines is 1. The van der Waals surface area contributed by atoms with Gasteiger partial charge in [-0.25, -0.2) is 4.98 Å². The van der Waals surface area contributed by atoms with Crippen LogP contribution in [0.25, 0.3) is 10.9 Å². The molecule has 160 valence electrons. The van der Waals surface area contributed by atoms with Gasteiger partial charge in [0.05, 0.1) is 17.2 Å². The fourth-order valence-electron chi connectivity index (χ4n) is 3.81. The summed E-state index contributed by atoms with van der Waals surface area (Å²) >= 11 is 0. The fraction of sp³-hybridized carbons (Fsp3) is 0.304. The smallest absolute Gasteiger partial charge is 0.261 e. The zero-order valence-electron chi connectivity index (χ0n) is 17.0. The van der Waals surface area contributed by atoms with Crippen LogP contribution in [-0.2, 0) is 11.3 Å². The molecule has 8 heteroatoms. The number of rotatable bonds is 5. The molecule has 2 heterocycles. The number of likely N-dealkylation sites (tertiary alicyclic amines) is 1. The molecule has 0 aliphatic carbocycles. The summed E-state index contributed by atoms with van der Waals surface area (Å²) in [7, 11) is 0. The summed E-state index contributed by atoms with van der Waals surface area (Å²) < 4.78 is 1.26. The molecule has 1 fully saturated rings. The highest BCUT2D eigenvalue weighted by Gasteiger charge is 2.23. The van der Waals surface area contributed by atoms with E-state index >= 15 is 0 Å². The Hall–Kier alpha value is -3.52. The Kier molecular flexibility index (Phi) is 6.08. The maximum atomic E-state index is 12.8. The van der Waals surface area contributed by atoms with Gasteiger partial charge in [-0.1, -0.05) is 18.2 Å². The average molecular weight is 420 g/mol. The number of aliphatic hydroxyl groups excluding tert-OH is 1. The van der Waals surface area contributed by atoms with E-state index in [1.807, 2.05) is 0 Å². The predicted molar refractivity (Wildman–Crippen MR) is 117 cm³/mol. The lowest BCUT2D eigenvalue weighted by atomic mass is 9.97. The van der Waals surface area contributed by atoms with Crippen molar-refractivity contribution < 1.29 is 14.7 Å². The summed E-state index contributed by atoms with van der Waals surface area (Å²) in [6, 6.07) is 13.8. The number of hydrogen-bond donors (Lipinski definition) is 2. The number of aliphatic hydroxyl groups is 1. The minimum absolute atomic E-state index is 0.0950. The van der Waals surface area contributed by atoms with E-state index < -0.39 is 0 Å². The quantitative estimate of drug-likeness (QED) is 0.656. The van der Waals surface area contributed by atoms with Gasteiger partial charge in [0, 0.05) is 30.9 Å². The second kappa shape index (κ2) is 9.09. The van der Waals surface area contributed by atoms with Crippen molar-refractivity contribution in [3.63, 3.8) is 0 Å². The number of aromatic nitrogens is 2. The number of hydrogen-bond acceptors (Lipinski definition) is 5. The molecule has 0 atom stereocenters. The Labute approximate surface area is 179 Å². The number of fused-ring (bicyclic) bond motifs is 1. The van der Waals surface area contributed by atoms with Gasteiger partial charge in [0.2, 0.25) is 5.91 Å². The molecular weight excluding hydrogens is 396 g/mol. The van der Waals surface area contributed by atoms with Gasteiger partial charge in [-0.15, -0.1) is 0 Å². The van der Waals surface area contributed by atoms with E-state index in [1.165, 1.54) is 10.9 Å². The second-order valence-corrected chi connectivity index (χ2v) is 7.74. The number of nitrogens with zero attached hydrogens (tertiary/aromatic N) is 3. The lowest BCUT2D eigenvalue weighted by Crippen LogP contribution is -2.39. The van der Waals surface area contributed by atoms with E-state index in [4.69, 9.17) is 0 Å². The number of amides is 2. The monoisotopic (exact) mass is 420 g/mol. The first-order valence-electron chi connectivity index (χ1n) is 10.3. The summed E-state index contributed by atoms with van der Waals surface area (Å²) in [5.41, 5.74) is 1.28. The van der Waals surface area contributed by atoms with Crippen LogP contribution in [0.15, 0.2) is 59.7 Å². The summed E-state index contributed by atoms with van der Waals surface area (Å²) in [4.78, 5) is 43.8. The van der Waals surface area contributed by atoms with Crippen molar-refractivity contribution in [2.75, 3.05) is 25.0 Å². The largest absolute Gasteiger partial charge is 0.396 e. The SMILES string of the molecule is O=C(Cn1cnc2ccccc2c1=O)Nc1cccc(C(=O)N2CCC(CO)CC2)c1. The minimum atomic E-state index is -0.382. The molecule has 0 radical (unpaired) electrons. The van der Waals surface area contributed by atoms with Gasteiger partial charge in [0.15, 0.2) is 0 Å². The van der Waals surface area contributed by atoms with Gasteiger partial charge >= 0.3 is 0 Å². The van der Waals surface area contributed by atoms with Crippen LogP contribution in [0, 0.1) is 5.92 Å². The molecule has 1 aliphatic rings. The van der Waals surface area contributed by atoms with Crippen LogP contribution in [0.1, 0.15) is 23.2 Å². The maximum absolute atomic E-state index is 12.8. The lowest BCUT2D eigenvalue weighted by Gasteiger charge is -2.31. The molecule has 0 saturated carbocycles. The van der Waals surface area contributed by atoms with Crippen molar-refractivity contribution in [2.24, 2.45) is 5.92 Å². The average Bonchev–Trinajstić information content (AvgIpc) is 2.81. The minimum Gasteiger partial charge on any atom is -0.396 e. The van der Waals surface area contributed by atoms with Crippen LogP contribution in [0.3, 0.4) is 0 Å². The van der Waals surface area contributed by atoms with Crippen molar-refractivity contribution in [1.82, 2.24) is 14.5 Å². The fourth-order valence-corrected chi connectivity index (χ4v) is 3.81. The number of benzene rings is 2. The summed E-state index contributed by atoms with van der Waals surface area (Å²) in [5.74, 6) is -0.224. The van der Waals surface area contributed by atoms with E-state index in [-0.39, 0.29) is 36.4 Å². The van der Waals surface area contributed by atoms with E-state index in [0.717, 1.165) is 12.8 Å². The molecule has 1 aliphatic heterocycles. The molecule has 1 aromatic heterocycles. The van der Waals surface area contributed by atoms with Crippen LogP contribution >= 0.6 is 0 Å². The van der Waals surface area contributed by atoms with Crippen molar-refractivity contribution >= 4 is 28.4 Å². The zero-order chi connectivity index (χ0) is 21.8. The molecular formula is C23H24N4O4. The Bertz CT molecular complexity index is 1170. The van der Waals surface area contributed by atoms with E-state index in [9.17, 15) is 19.5 Å². The topological polar surface area (TPSA) is 105 Å². The second-order valence-electron chi connectivity index (χ2n) is 7.74. The normalized spacial score (nSPS) is 14.5. The van der Waals surface area contributed by atoms with E-state index in [0.29, 0.717) is 35.2 Å².